The topological polar surface area (TPSA) is 50.1 Å². The van der Waals surface area contributed by atoms with E-state index in [9.17, 15) is 0 Å². The first kappa shape index (κ1) is 21.7. The van der Waals surface area contributed by atoms with E-state index in [0.29, 0.717) is 0 Å². The standard InChI is InChI=1S/C30H25N3S/c31-23-15-20-27(22-9-3-1-4-10-22)29(21-23)33-25-18-16-24(17-19-25)32-28-13-7-8-14-30(28)34-26-11-5-2-6-12-26/h1-21,32-33H,31H2. The lowest BCUT2D eigenvalue weighted by atomic mass is 10.0. The highest BCUT2D eigenvalue weighted by Crippen LogP contribution is 2.35. The Balaban J connectivity index is 1.34. The molecule has 3 nitrogen and oxygen atoms in total. The van der Waals surface area contributed by atoms with Gasteiger partial charge in [-0.25, -0.2) is 0 Å². The molecular formula is C30H25N3S. The summed E-state index contributed by atoms with van der Waals surface area (Å²) < 4.78 is 0. The Morgan fingerprint density at radius 2 is 1.12 bits per heavy atom. The van der Waals surface area contributed by atoms with Crippen molar-refractivity contribution in [2.75, 3.05) is 16.4 Å². The second-order valence-electron chi connectivity index (χ2n) is 7.91. The summed E-state index contributed by atoms with van der Waals surface area (Å²) in [6, 6.07) is 43.4. The van der Waals surface area contributed by atoms with Crippen LogP contribution in [0.2, 0.25) is 0 Å². The number of nitrogens with two attached hydrogens (primary N) is 1. The number of hydrogen-bond acceptors (Lipinski definition) is 4. The highest BCUT2D eigenvalue weighted by atomic mass is 32.2. The zero-order valence-corrected chi connectivity index (χ0v) is 19.4. The van der Waals surface area contributed by atoms with Crippen LogP contribution in [0.5, 0.6) is 0 Å². The zero-order chi connectivity index (χ0) is 23.2. The van der Waals surface area contributed by atoms with Gasteiger partial charge in [0.15, 0.2) is 0 Å². The van der Waals surface area contributed by atoms with Crippen molar-refractivity contribution in [3.05, 3.63) is 127 Å². The fourth-order valence-corrected chi connectivity index (χ4v) is 4.68. The van der Waals surface area contributed by atoms with Crippen LogP contribution in [-0.4, -0.2) is 0 Å². The van der Waals surface area contributed by atoms with Crippen molar-refractivity contribution in [2.45, 2.75) is 9.79 Å². The Morgan fingerprint density at radius 1 is 0.529 bits per heavy atom. The van der Waals surface area contributed by atoms with Crippen LogP contribution in [0.25, 0.3) is 11.1 Å². The number of nitrogen functional groups attached to an aromatic ring is 1. The maximum atomic E-state index is 6.09. The van der Waals surface area contributed by atoms with E-state index >= 15 is 0 Å². The van der Waals surface area contributed by atoms with Gasteiger partial charge < -0.3 is 16.4 Å². The van der Waals surface area contributed by atoms with Crippen LogP contribution in [0.15, 0.2) is 137 Å². The normalized spacial score (nSPS) is 10.6. The average molecular weight is 460 g/mol. The monoisotopic (exact) mass is 459 g/mol. The Hall–Kier alpha value is -4.15. The van der Waals surface area contributed by atoms with Gasteiger partial charge in [-0.2, -0.15) is 0 Å². The Morgan fingerprint density at radius 3 is 1.82 bits per heavy atom. The van der Waals surface area contributed by atoms with E-state index in [4.69, 9.17) is 5.73 Å². The van der Waals surface area contributed by atoms with Crippen molar-refractivity contribution < 1.29 is 0 Å². The molecule has 166 valence electrons. The minimum Gasteiger partial charge on any atom is -0.399 e. The van der Waals surface area contributed by atoms with E-state index in [0.717, 1.165) is 39.6 Å². The molecule has 0 aliphatic carbocycles. The summed E-state index contributed by atoms with van der Waals surface area (Å²) in [6.45, 7) is 0. The second-order valence-corrected chi connectivity index (χ2v) is 9.03. The summed E-state index contributed by atoms with van der Waals surface area (Å²) >= 11 is 1.75. The van der Waals surface area contributed by atoms with Crippen molar-refractivity contribution >= 4 is 40.2 Å². The molecule has 4 heteroatoms. The fraction of sp³-hybridized carbons (Fsp3) is 0. The highest BCUT2D eigenvalue weighted by Gasteiger charge is 2.08. The predicted molar refractivity (Wildman–Crippen MR) is 146 cm³/mol. The molecular weight excluding hydrogens is 434 g/mol. The minimum atomic E-state index is 0.730. The molecule has 34 heavy (non-hydrogen) atoms. The first-order valence-corrected chi connectivity index (χ1v) is 12.0. The zero-order valence-electron chi connectivity index (χ0n) is 18.6. The molecule has 0 aromatic heterocycles. The van der Waals surface area contributed by atoms with Crippen LogP contribution in [0, 0.1) is 0 Å². The third-order valence-corrected chi connectivity index (χ3v) is 6.51. The summed E-state index contributed by atoms with van der Waals surface area (Å²) in [5.74, 6) is 0. The van der Waals surface area contributed by atoms with Gasteiger partial charge in [0.1, 0.15) is 0 Å². The molecule has 5 aromatic carbocycles. The smallest absolute Gasteiger partial charge is 0.0526 e. The van der Waals surface area contributed by atoms with E-state index in [2.05, 4.69) is 102 Å². The molecule has 5 aromatic rings. The van der Waals surface area contributed by atoms with Gasteiger partial charge in [0.05, 0.1) is 5.69 Å². The molecule has 0 aliphatic rings. The van der Waals surface area contributed by atoms with Crippen molar-refractivity contribution in [3.8, 4) is 11.1 Å². The predicted octanol–water partition coefficient (Wildman–Crippen LogP) is 8.57. The molecule has 0 radical (unpaired) electrons. The van der Waals surface area contributed by atoms with Gasteiger partial charge in [0.25, 0.3) is 0 Å². The number of hydrogen-bond donors (Lipinski definition) is 3. The third kappa shape index (κ3) is 5.25. The third-order valence-electron chi connectivity index (χ3n) is 5.43. The summed E-state index contributed by atoms with van der Waals surface area (Å²) in [4.78, 5) is 2.40. The van der Waals surface area contributed by atoms with Crippen molar-refractivity contribution in [1.82, 2.24) is 0 Å². The summed E-state index contributed by atoms with van der Waals surface area (Å²) in [5, 5.41) is 7.10. The first-order chi connectivity index (χ1) is 16.7. The summed E-state index contributed by atoms with van der Waals surface area (Å²) in [6.07, 6.45) is 0. The molecule has 0 atom stereocenters. The van der Waals surface area contributed by atoms with Crippen LogP contribution in [0.3, 0.4) is 0 Å². The van der Waals surface area contributed by atoms with E-state index < -0.39 is 0 Å². The van der Waals surface area contributed by atoms with Crippen LogP contribution < -0.4 is 16.4 Å². The number of benzene rings is 5. The number of para-hydroxylation sites is 1. The number of nitrogens with one attached hydrogen (secondary N) is 2. The van der Waals surface area contributed by atoms with E-state index in [-0.39, 0.29) is 0 Å². The SMILES string of the molecule is Nc1ccc(-c2ccccc2)c(Nc2ccc(Nc3ccccc3Sc3ccccc3)cc2)c1. The molecule has 0 spiro atoms. The van der Waals surface area contributed by atoms with Gasteiger partial charge in [-0.3, -0.25) is 0 Å². The van der Waals surface area contributed by atoms with E-state index in [1.54, 1.807) is 11.8 Å². The van der Waals surface area contributed by atoms with E-state index in [1.165, 1.54) is 9.79 Å². The van der Waals surface area contributed by atoms with Gasteiger partial charge in [0, 0.05) is 38.1 Å². The molecule has 0 heterocycles. The lowest BCUT2D eigenvalue weighted by Crippen LogP contribution is -1.96. The maximum absolute atomic E-state index is 6.09. The van der Waals surface area contributed by atoms with Gasteiger partial charge in [-0.15, -0.1) is 0 Å². The quantitative estimate of drug-likeness (QED) is 0.213. The largest absolute Gasteiger partial charge is 0.399 e. The molecule has 0 fully saturated rings. The van der Waals surface area contributed by atoms with Crippen LogP contribution >= 0.6 is 11.8 Å². The van der Waals surface area contributed by atoms with Gasteiger partial charge in [-0.05, 0) is 66.2 Å². The highest BCUT2D eigenvalue weighted by molar-refractivity contribution is 7.99. The summed E-state index contributed by atoms with van der Waals surface area (Å²) in [7, 11) is 0. The molecule has 0 amide bonds. The number of rotatable bonds is 7. The Bertz CT molecular complexity index is 1370. The first-order valence-electron chi connectivity index (χ1n) is 11.2. The lowest BCUT2D eigenvalue weighted by Gasteiger charge is -2.15. The van der Waals surface area contributed by atoms with Crippen molar-refractivity contribution in [3.63, 3.8) is 0 Å². The number of anilines is 5. The van der Waals surface area contributed by atoms with Crippen LogP contribution in [0.4, 0.5) is 28.4 Å². The Kier molecular flexibility index (Phi) is 6.50. The van der Waals surface area contributed by atoms with Gasteiger partial charge in [0.2, 0.25) is 0 Å². The molecule has 0 unspecified atom stereocenters. The minimum absolute atomic E-state index is 0.730. The lowest BCUT2D eigenvalue weighted by molar-refractivity contribution is 1.38. The van der Waals surface area contributed by atoms with Crippen LogP contribution in [0.1, 0.15) is 0 Å². The summed E-state index contributed by atoms with van der Waals surface area (Å²) in [5.41, 5.74) is 13.2. The van der Waals surface area contributed by atoms with Crippen LogP contribution in [-0.2, 0) is 0 Å². The van der Waals surface area contributed by atoms with E-state index in [1.807, 2.05) is 36.4 Å². The van der Waals surface area contributed by atoms with Crippen molar-refractivity contribution in [2.24, 2.45) is 0 Å². The second kappa shape index (κ2) is 10.2. The molecule has 0 aliphatic heterocycles. The maximum Gasteiger partial charge on any atom is 0.0526 e. The fourth-order valence-electron chi connectivity index (χ4n) is 3.76. The van der Waals surface area contributed by atoms with Crippen molar-refractivity contribution in [1.29, 1.82) is 0 Å². The van der Waals surface area contributed by atoms with Gasteiger partial charge in [-0.1, -0.05) is 78.5 Å². The molecule has 0 saturated carbocycles. The Labute approximate surface area is 204 Å². The molecule has 5 rings (SSSR count). The molecule has 0 bridgehead atoms. The molecule has 4 N–H and O–H groups in total. The molecule has 0 saturated heterocycles. The average Bonchev–Trinajstić information content (AvgIpc) is 2.88. The van der Waals surface area contributed by atoms with Gasteiger partial charge >= 0.3 is 0 Å².